The van der Waals surface area contributed by atoms with E-state index >= 15 is 0 Å². The molecule has 1 aromatic carbocycles. The summed E-state index contributed by atoms with van der Waals surface area (Å²) in [7, 11) is 0. The molecule has 0 fully saturated rings. The van der Waals surface area contributed by atoms with Crippen molar-refractivity contribution in [1.82, 2.24) is 9.97 Å². The van der Waals surface area contributed by atoms with Crippen molar-refractivity contribution in [3.63, 3.8) is 0 Å². The fourth-order valence-electron chi connectivity index (χ4n) is 1.54. The molecule has 0 aliphatic carbocycles. The van der Waals surface area contributed by atoms with E-state index in [1.165, 1.54) is 0 Å². The molecule has 1 aromatic heterocycles. The van der Waals surface area contributed by atoms with Crippen molar-refractivity contribution in [2.45, 2.75) is 12.2 Å². The fraction of sp³-hybridized carbons (Fsp3) is 0.308. The number of aromatic amines is 2. The van der Waals surface area contributed by atoms with Crippen molar-refractivity contribution in [3.8, 4) is 5.75 Å². The molecule has 0 amide bonds. The Bertz CT molecular complexity index is 568. The predicted octanol–water partition coefficient (Wildman–Crippen LogP) is 4.38. The van der Waals surface area contributed by atoms with E-state index in [9.17, 15) is 0 Å². The number of rotatable bonds is 7. The summed E-state index contributed by atoms with van der Waals surface area (Å²) < 4.78 is 7.59. The van der Waals surface area contributed by atoms with Crippen LogP contribution in [0, 0.1) is 8.34 Å². The van der Waals surface area contributed by atoms with E-state index < -0.39 is 0 Å². The van der Waals surface area contributed by atoms with Crippen LogP contribution in [0.3, 0.4) is 0 Å². The first kappa shape index (κ1) is 14.9. The van der Waals surface area contributed by atoms with Gasteiger partial charge in [0.2, 0.25) is 0 Å². The maximum Gasteiger partial charge on any atom is 0.174 e. The largest absolute Gasteiger partial charge is 0.492 e. The van der Waals surface area contributed by atoms with Crippen molar-refractivity contribution in [2.24, 2.45) is 0 Å². The molecule has 0 saturated carbocycles. The second-order valence-electron chi connectivity index (χ2n) is 3.95. The number of halogens is 1. The number of hydrogen-bond donors (Lipinski definition) is 2. The van der Waals surface area contributed by atoms with E-state index in [-0.39, 0.29) is 0 Å². The number of nitrogens with one attached hydrogen (secondary N) is 2. The van der Waals surface area contributed by atoms with Crippen molar-refractivity contribution in [1.29, 1.82) is 0 Å². The summed E-state index contributed by atoms with van der Waals surface area (Å²) >= 11 is 9.15. The van der Waals surface area contributed by atoms with Gasteiger partial charge in [-0.3, -0.25) is 0 Å². The number of imidazole rings is 1. The van der Waals surface area contributed by atoms with Crippen LogP contribution in [-0.4, -0.2) is 22.3 Å². The minimum Gasteiger partial charge on any atom is -0.492 e. The van der Waals surface area contributed by atoms with Crippen LogP contribution in [0.5, 0.6) is 5.75 Å². The number of thioether (sulfide) groups is 1. The molecule has 0 unspecified atom stereocenters. The molecule has 0 radical (unpaired) electrons. The summed E-state index contributed by atoms with van der Waals surface area (Å²) in [5, 5.41) is 0. The smallest absolute Gasteiger partial charge is 0.174 e. The predicted molar refractivity (Wildman–Crippen MR) is 91.4 cm³/mol. The number of benzene rings is 1. The first-order valence-corrected chi connectivity index (χ1v) is 8.61. The lowest BCUT2D eigenvalue weighted by molar-refractivity contribution is 0.316. The number of ether oxygens (including phenoxy) is 1. The molecule has 6 heteroatoms. The highest BCUT2D eigenvalue weighted by Gasteiger charge is 1.99. The highest BCUT2D eigenvalue weighted by Crippen LogP contribution is 2.20. The van der Waals surface area contributed by atoms with Gasteiger partial charge in [0.1, 0.15) is 5.75 Å². The molecule has 0 aliphatic rings. The monoisotopic (exact) mass is 406 g/mol. The lowest BCUT2D eigenvalue weighted by atomic mass is 10.3. The minimum atomic E-state index is 0.692. The van der Waals surface area contributed by atoms with Crippen LogP contribution in [-0.2, 0) is 5.75 Å². The Labute approximate surface area is 135 Å². The van der Waals surface area contributed by atoms with Crippen molar-refractivity contribution < 1.29 is 4.74 Å². The Morgan fingerprint density at radius 1 is 1.32 bits per heavy atom. The zero-order valence-electron chi connectivity index (χ0n) is 10.3. The molecule has 19 heavy (non-hydrogen) atoms. The van der Waals surface area contributed by atoms with E-state index in [1.54, 1.807) is 0 Å². The standard InChI is InChI=1S/C13H15IN2OS2/c14-11-4-1-2-5-12(11)17-6-3-7-19-9-10-8-15-13(18)16-10/h1-2,4-5,8H,3,6-7,9H2,(H2,15,16,18). The summed E-state index contributed by atoms with van der Waals surface area (Å²) in [5.74, 6) is 3.01. The Balaban J connectivity index is 1.60. The van der Waals surface area contributed by atoms with Crippen molar-refractivity contribution >= 4 is 46.6 Å². The molecule has 2 aromatic rings. The highest BCUT2D eigenvalue weighted by atomic mass is 127. The van der Waals surface area contributed by atoms with Crippen molar-refractivity contribution in [2.75, 3.05) is 12.4 Å². The lowest BCUT2D eigenvalue weighted by Gasteiger charge is -2.07. The van der Waals surface area contributed by atoms with Crippen LogP contribution in [0.25, 0.3) is 0 Å². The number of hydrogen-bond acceptors (Lipinski definition) is 3. The van der Waals surface area contributed by atoms with Crippen LogP contribution in [0.1, 0.15) is 12.1 Å². The maximum atomic E-state index is 5.74. The second kappa shape index (κ2) is 7.96. The Morgan fingerprint density at radius 2 is 2.16 bits per heavy atom. The number of para-hydroxylation sites is 1. The fourth-order valence-corrected chi connectivity index (χ4v) is 3.11. The third-order valence-electron chi connectivity index (χ3n) is 2.44. The summed E-state index contributed by atoms with van der Waals surface area (Å²) in [6, 6.07) is 8.08. The van der Waals surface area contributed by atoms with Gasteiger partial charge >= 0.3 is 0 Å². The normalized spacial score (nSPS) is 10.6. The molecular formula is C13H15IN2OS2. The molecule has 0 saturated heterocycles. The van der Waals surface area contributed by atoms with Gasteiger partial charge in [-0.1, -0.05) is 12.1 Å². The Kier molecular flexibility index (Phi) is 6.25. The van der Waals surface area contributed by atoms with Crippen LogP contribution >= 0.6 is 46.6 Å². The lowest BCUT2D eigenvalue weighted by Crippen LogP contribution is -2.00. The molecule has 2 rings (SSSR count). The maximum absolute atomic E-state index is 5.74. The molecule has 1 heterocycles. The van der Waals surface area contributed by atoms with E-state index in [4.69, 9.17) is 17.0 Å². The molecule has 3 nitrogen and oxygen atoms in total. The third kappa shape index (κ3) is 5.19. The first-order chi connectivity index (χ1) is 9.25. The van der Waals surface area contributed by atoms with Crippen LogP contribution in [0.2, 0.25) is 0 Å². The Morgan fingerprint density at radius 3 is 2.89 bits per heavy atom. The molecule has 0 atom stereocenters. The van der Waals surface area contributed by atoms with E-state index in [0.29, 0.717) is 4.77 Å². The summed E-state index contributed by atoms with van der Waals surface area (Å²) in [6.07, 6.45) is 2.97. The molecule has 0 aliphatic heterocycles. The van der Waals surface area contributed by atoms with Crippen LogP contribution in [0.15, 0.2) is 30.5 Å². The van der Waals surface area contributed by atoms with Crippen LogP contribution in [0.4, 0.5) is 0 Å². The van der Waals surface area contributed by atoms with Gasteiger partial charge < -0.3 is 14.7 Å². The quantitative estimate of drug-likeness (QED) is 0.407. The highest BCUT2D eigenvalue weighted by molar-refractivity contribution is 14.1. The number of aromatic nitrogens is 2. The Hall–Kier alpha value is -0.470. The average molecular weight is 406 g/mol. The van der Waals surface area contributed by atoms with Gasteiger partial charge in [0.15, 0.2) is 4.77 Å². The summed E-state index contributed by atoms with van der Waals surface area (Å²) in [4.78, 5) is 6.08. The zero-order chi connectivity index (χ0) is 13.5. The molecule has 0 bridgehead atoms. The second-order valence-corrected chi connectivity index (χ2v) is 6.63. The van der Waals surface area contributed by atoms with Gasteiger partial charge in [0, 0.05) is 17.6 Å². The minimum absolute atomic E-state index is 0.692. The first-order valence-electron chi connectivity index (χ1n) is 5.97. The van der Waals surface area contributed by atoms with Gasteiger partial charge in [-0.15, -0.1) is 0 Å². The van der Waals surface area contributed by atoms with Crippen molar-refractivity contribution in [3.05, 3.63) is 44.5 Å². The topological polar surface area (TPSA) is 40.8 Å². The van der Waals surface area contributed by atoms with Crippen LogP contribution < -0.4 is 4.74 Å². The van der Waals surface area contributed by atoms with Gasteiger partial charge in [0.25, 0.3) is 0 Å². The SMILES string of the molecule is S=c1[nH]cc(CSCCCOc2ccccc2I)[nH]1. The van der Waals surface area contributed by atoms with Gasteiger partial charge in [0.05, 0.1) is 10.2 Å². The zero-order valence-corrected chi connectivity index (χ0v) is 14.1. The van der Waals surface area contributed by atoms with E-state index in [2.05, 4.69) is 38.6 Å². The van der Waals surface area contributed by atoms with Gasteiger partial charge in [-0.2, -0.15) is 11.8 Å². The number of H-pyrrole nitrogens is 2. The molecule has 0 spiro atoms. The van der Waals surface area contributed by atoms with E-state index in [1.807, 2.05) is 36.2 Å². The molecule has 102 valence electrons. The average Bonchev–Trinajstić information content (AvgIpc) is 2.81. The van der Waals surface area contributed by atoms with E-state index in [0.717, 1.165) is 39.5 Å². The summed E-state index contributed by atoms with van der Waals surface area (Å²) in [5.41, 5.74) is 1.15. The summed E-state index contributed by atoms with van der Waals surface area (Å²) in [6.45, 7) is 0.760. The van der Waals surface area contributed by atoms with Gasteiger partial charge in [-0.05, 0) is 59.1 Å². The van der Waals surface area contributed by atoms with Gasteiger partial charge in [-0.25, -0.2) is 0 Å². The molecular weight excluding hydrogens is 391 g/mol. The third-order valence-corrected chi connectivity index (χ3v) is 4.64. The molecule has 2 N–H and O–H groups in total.